The van der Waals surface area contributed by atoms with Gasteiger partial charge in [-0.15, -0.1) is 0 Å². The second-order valence-electron chi connectivity index (χ2n) is 1.57. The normalized spacial score (nSPS) is 9.88. The fourth-order valence-corrected chi connectivity index (χ4v) is 0. The second-order valence-corrected chi connectivity index (χ2v) is 1.57. The molecule has 0 amide bonds. The quantitative estimate of drug-likeness (QED) is 0.467. The van der Waals surface area contributed by atoms with Crippen molar-refractivity contribution in [1.29, 1.82) is 0 Å². The van der Waals surface area contributed by atoms with Gasteiger partial charge in [0.1, 0.15) is 11.9 Å². The molecule has 0 unspecified atom stereocenters. The molecule has 0 bridgehead atoms. The van der Waals surface area contributed by atoms with Crippen molar-refractivity contribution in [2.75, 3.05) is 0 Å². The number of alkyl halides is 6. The number of carboxylic acid groups (broad SMARTS) is 2. The summed E-state index contributed by atoms with van der Waals surface area (Å²) in [6.45, 7) is 0. The van der Waals surface area contributed by atoms with Gasteiger partial charge in [-0.1, -0.05) is 0 Å². The summed E-state index contributed by atoms with van der Waals surface area (Å²) in [6, 6.07) is 0. The van der Waals surface area contributed by atoms with Crippen molar-refractivity contribution in [2.24, 2.45) is 0 Å². The minimum absolute atomic E-state index is 0. The van der Waals surface area contributed by atoms with Crippen LogP contribution in [0.1, 0.15) is 0 Å². The number of rotatable bonds is 0. The first-order valence-electron chi connectivity index (χ1n) is 2.45. The summed E-state index contributed by atoms with van der Waals surface area (Å²) in [5.74, 6) is -6.01. The molecule has 0 aromatic heterocycles. The van der Waals surface area contributed by atoms with E-state index in [2.05, 4.69) is 0 Å². The molecule has 12 heteroatoms. The number of hydrogen-bond acceptors (Lipinski definition) is 5. The zero-order chi connectivity index (χ0) is 12.2. The van der Waals surface area contributed by atoms with E-state index in [0.717, 1.165) is 0 Å². The molecule has 0 fully saturated rings. The van der Waals surface area contributed by atoms with Crippen LogP contribution in [0.15, 0.2) is 0 Å². The number of carboxylic acids is 2. The molecule has 16 heavy (non-hydrogen) atoms. The van der Waals surface area contributed by atoms with Crippen molar-refractivity contribution >= 4 is 37.8 Å². The van der Waals surface area contributed by atoms with Gasteiger partial charge in [0.05, 0.1) is 0 Å². The first-order valence-corrected chi connectivity index (χ1v) is 2.45. The van der Waals surface area contributed by atoms with Crippen LogP contribution in [0.3, 0.4) is 0 Å². The van der Waals surface area contributed by atoms with Crippen molar-refractivity contribution in [3.05, 3.63) is 0 Å². The Morgan fingerprint density at radius 3 is 0.812 bits per heavy atom. The van der Waals surface area contributed by atoms with Gasteiger partial charge in [0, 0.05) is 0 Å². The summed E-state index contributed by atoms with van der Waals surface area (Å²) in [6.07, 6.45) is -10.4. The molecule has 0 heterocycles. The molecule has 0 aliphatic heterocycles. The Hall–Kier alpha value is -0.650. The van der Waals surface area contributed by atoms with E-state index < -0.39 is 24.3 Å². The summed E-state index contributed by atoms with van der Waals surface area (Å²) in [5, 5.41) is 17.6. The van der Waals surface area contributed by atoms with Gasteiger partial charge in [-0.25, -0.2) is 0 Å². The Labute approximate surface area is 102 Å². The maximum atomic E-state index is 10.5. The van der Waals surface area contributed by atoms with Crippen LogP contribution in [0.2, 0.25) is 0 Å². The smallest absolute Gasteiger partial charge is 0.870 e. The molecule has 92 valence electrons. The van der Waals surface area contributed by atoms with Crippen LogP contribution in [0.5, 0.6) is 0 Å². The minimum atomic E-state index is -5.19. The molecule has 0 rings (SSSR count). The number of halogens is 6. The van der Waals surface area contributed by atoms with Gasteiger partial charge in [-0.05, 0) is 0 Å². The third kappa shape index (κ3) is 15.8. The molecule has 0 saturated heterocycles. The van der Waals surface area contributed by atoms with Gasteiger partial charge in [-0.3, -0.25) is 0 Å². The molecule has 0 atom stereocenters. The summed E-state index contributed by atoms with van der Waals surface area (Å²) in [4.78, 5) is 17.6. The van der Waals surface area contributed by atoms with Crippen LogP contribution in [-0.2, 0) is 9.59 Å². The second kappa shape index (κ2) is 8.50. The van der Waals surface area contributed by atoms with Crippen LogP contribution in [0, 0.1) is 0 Å². The monoisotopic (exact) mass is 358 g/mol. The van der Waals surface area contributed by atoms with E-state index in [-0.39, 0.29) is 31.3 Å². The largest absolute Gasteiger partial charge is 3.00 e. The summed E-state index contributed by atoms with van der Waals surface area (Å²) >= 11 is 0. The number of aliphatic carboxylic acids is 2. The van der Waals surface area contributed by atoms with E-state index >= 15 is 0 Å². The van der Waals surface area contributed by atoms with Gasteiger partial charge in [0.2, 0.25) is 0 Å². The molecule has 0 aliphatic carbocycles. The van der Waals surface area contributed by atoms with E-state index in [0.29, 0.717) is 0 Å². The van der Waals surface area contributed by atoms with Crippen molar-refractivity contribution in [2.45, 2.75) is 12.4 Å². The van der Waals surface area contributed by atoms with Gasteiger partial charge in [-0.2, -0.15) is 26.3 Å². The fourth-order valence-electron chi connectivity index (χ4n) is 0. The molecule has 5 nitrogen and oxygen atoms in total. The first kappa shape index (κ1) is 24.5. The van der Waals surface area contributed by atoms with Crippen LogP contribution >= 0.6 is 0 Å². The minimum Gasteiger partial charge on any atom is -0.870 e. The maximum absolute atomic E-state index is 10.5. The Morgan fingerprint density at radius 1 is 0.750 bits per heavy atom. The van der Waals surface area contributed by atoms with E-state index in [1.54, 1.807) is 0 Å². The standard InChI is InChI=1S/2C2HF3O2.In.H2O/c2*3-2(4,5)1(6)7;;/h2*(H,6,7);;1H2/q;;+3;/p-3. The Morgan fingerprint density at radius 2 is 0.812 bits per heavy atom. The van der Waals surface area contributed by atoms with E-state index in [1.165, 1.54) is 0 Å². The average molecular weight is 358 g/mol. The van der Waals surface area contributed by atoms with Crippen LogP contribution < -0.4 is 10.2 Å². The van der Waals surface area contributed by atoms with Crippen LogP contribution in [-0.4, -0.2) is 55.6 Å². The van der Waals surface area contributed by atoms with Gasteiger partial charge in [0.25, 0.3) is 0 Å². The van der Waals surface area contributed by atoms with Crippen molar-refractivity contribution in [3.8, 4) is 0 Å². The van der Waals surface area contributed by atoms with Crippen molar-refractivity contribution in [1.82, 2.24) is 0 Å². The summed E-state index contributed by atoms with van der Waals surface area (Å²) < 4.78 is 63.1. The third-order valence-electron chi connectivity index (χ3n) is 0.463. The predicted molar refractivity (Wildman–Crippen MR) is 29.8 cm³/mol. The fraction of sp³-hybridized carbons (Fsp3) is 0.500. The van der Waals surface area contributed by atoms with Crippen molar-refractivity contribution < 1.29 is 51.6 Å². The maximum Gasteiger partial charge on any atom is 3.00 e. The van der Waals surface area contributed by atoms with Crippen molar-refractivity contribution in [3.63, 3.8) is 0 Å². The Balaban J connectivity index is -0.0000000800. The van der Waals surface area contributed by atoms with E-state index in [9.17, 15) is 26.3 Å². The molecular formula is C4HF6InO5. The molecule has 0 aromatic rings. The SMILES string of the molecule is O=C([O-])C(F)(F)F.O=C([O-])C(F)(F)F.[In+3].[OH-]. The predicted octanol–water partition coefficient (Wildman–Crippen LogP) is -1.96. The van der Waals surface area contributed by atoms with E-state index in [1.807, 2.05) is 0 Å². The number of hydrogen-bond donors (Lipinski definition) is 0. The average Bonchev–Trinajstić information content (AvgIpc) is 1.83. The topological polar surface area (TPSA) is 110 Å². The number of carbonyl (C=O) groups is 2. The van der Waals surface area contributed by atoms with E-state index in [4.69, 9.17) is 19.8 Å². The van der Waals surface area contributed by atoms with Gasteiger partial charge < -0.3 is 25.3 Å². The molecule has 0 spiro atoms. The third-order valence-corrected chi connectivity index (χ3v) is 0.463. The molecule has 0 aliphatic rings. The zero-order valence-electron chi connectivity index (χ0n) is 6.93. The van der Waals surface area contributed by atoms with Crippen LogP contribution in [0.4, 0.5) is 26.3 Å². The molecule has 0 radical (unpaired) electrons. The molecular weight excluding hydrogens is 357 g/mol. The molecule has 0 aromatic carbocycles. The zero-order valence-corrected chi connectivity index (χ0v) is 10.2. The Bertz CT molecular complexity index is 198. The Kier molecular flexibility index (Phi) is 13.0. The molecule has 1 N–H and O–H groups in total. The van der Waals surface area contributed by atoms with Gasteiger partial charge in [0.15, 0.2) is 0 Å². The number of carbonyl (C=O) groups excluding carboxylic acids is 2. The molecule has 0 saturated carbocycles. The summed E-state index contributed by atoms with van der Waals surface area (Å²) in [7, 11) is 0. The van der Waals surface area contributed by atoms with Gasteiger partial charge >= 0.3 is 38.2 Å². The first-order chi connectivity index (χ1) is 5.89. The summed E-state index contributed by atoms with van der Waals surface area (Å²) in [5.41, 5.74) is 0. The van der Waals surface area contributed by atoms with Crippen LogP contribution in [0.25, 0.3) is 0 Å².